The molecule has 0 radical (unpaired) electrons. The molecule has 1 fully saturated rings. The van der Waals surface area contributed by atoms with E-state index in [0.29, 0.717) is 24.8 Å². The van der Waals surface area contributed by atoms with Crippen molar-refractivity contribution in [2.45, 2.75) is 57.5 Å². The maximum Gasteiger partial charge on any atom is 0.0900 e. The molecular weight excluding hydrogens is 314 g/mol. The normalized spacial score (nSPS) is 22.0. The first-order chi connectivity index (χ1) is 11.1. The highest BCUT2D eigenvalue weighted by molar-refractivity contribution is 6.30. The molecule has 23 heavy (non-hydrogen) atoms. The Kier molecular flexibility index (Phi) is 7.80. The SMILES string of the molecule is CCC(O)C1CCCCN1CC(O)COCc1ccc(Cl)cc1. The Morgan fingerprint density at radius 1 is 1.26 bits per heavy atom. The number of rotatable bonds is 8. The number of benzene rings is 1. The second-order valence-electron chi connectivity index (χ2n) is 6.33. The molecule has 5 heteroatoms. The molecule has 0 aromatic heterocycles. The van der Waals surface area contributed by atoms with E-state index in [1.807, 2.05) is 31.2 Å². The average Bonchev–Trinajstić information content (AvgIpc) is 2.56. The number of ether oxygens (including phenoxy) is 1. The van der Waals surface area contributed by atoms with E-state index in [4.69, 9.17) is 16.3 Å². The Morgan fingerprint density at radius 3 is 2.70 bits per heavy atom. The lowest BCUT2D eigenvalue weighted by molar-refractivity contribution is -0.0287. The Balaban J connectivity index is 1.74. The van der Waals surface area contributed by atoms with Crippen molar-refractivity contribution in [3.8, 4) is 0 Å². The Hall–Kier alpha value is -0.650. The highest BCUT2D eigenvalue weighted by atomic mass is 35.5. The third-order valence-electron chi connectivity index (χ3n) is 4.46. The summed E-state index contributed by atoms with van der Waals surface area (Å²) in [5.74, 6) is 0. The van der Waals surface area contributed by atoms with Gasteiger partial charge in [-0.1, -0.05) is 37.1 Å². The summed E-state index contributed by atoms with van der Waals surface area (Å²) < 4.78 is 5.60. The highest BCUT2D eigenvalue weighted by Gasteiger charge is 2.28. The fraction of sp³-hybridized carbons (Fsp3) is 0.667. The average molecular weight is 342 g/mol. The van der Waals surface area contributed by atoms with Gasteiger partial charge < -0.3 is 14.9 Å². The quantitative estimate of drug-likeness (QED) is 0.763. The van der Waals surface area contributed by atoms with Crippen LogP contribution in [0.2, 0.25) is 5.02 Å². The summed E-state index contributed by atoms with van der Waals surface area (Å²) >= 11 is 5.85. The second kappa shape index (κ2) is 9.60. The molecule has 1 aliphatic heterocycles. The number of aliphatic hydroxyl groups is 2. The van der Waals surface area contributed by atoms with E-state index < -0.39 is 6.10 Å². The number of halogens is 1. The van der Waals surface area contributed by atoms with E-state index in [2.05, 4.69) is 4.90 Å². The summed E-state index contributed by atoms with van der Waals surface area (Å²) in [6.07, 6.45) is 3.20. The van der Waals surface area contributed by atoms with E-state index >= 15 is 0 Å². The Morgan fingerprint density at radius 2 is 2.00 bits per heavy atom. The second-order valence-corrected chi connectivity index (χ2v) is 6.77. The van der Waals surface area contributed by atoms with E-state index in [-0.39, 0.29) is 12.1 Å². The topological polar surface area (TPSA) is 52.9 Å². The highest BCUT2D eigenvalue weighted by Crippen LogP contribution is 2.21. The number of likely N-dealkylation sites (tertiary alicyclic amines) is 1. The molecule has 1 aliphatic rings. The van der Waals surface area contributed by atoms with Crippen LogP contribution in [0, 0.1) is 0 Å². The van der Waals surface area contributed by atoms with Crippen molar-refractivity contribution in [3.63, 3.8) is 0 Å². The number of β-amino-alcohol motifs (C(OH)–C–C–N with tert-alkyl or cyclic N) is 1. The van der Waals surface area contributed by atoms with E-state index in [0.717, 1.165) is 37.8 Å². The summed E-state index contributed by atoms with van der Waals surface area (Å²) in [4.78, 5) is 2.22. The molecule has 130 valence electrons. The number of piperidine rings is 1. The molecule has 4 nitrogen and oxygen atoms in total. The first kappa shape index (κ1) is 18.7. The number of aliphatic hydroxyl groups excluding tert-OH is 2. The predicted octanol–water partition coefficient (Wildman–Crippen LogP) is 2.84. The molecule has 1 aromatic rings. The van der Waals surface area contributed by atoms with Crippen LogP contribution < -0.4 is 0 Å². The maximum absolute atomic E-state index is 10.2. The van der Waals surface area contributed by atoms with Gasteiger partial charge in [0.05, 0.1) is 25.4 Å². The Labute approximate surface area is 144 Å². The van der Waals surface area contributed by atoms with Crippen LogP contribution in [0.5, 0.6) is 0 Å². The van der Waals surface area contributed by atoms with Crippen LogP contribution in [0.3, 0.4) is 0 Å². The van der Waals surface area contributed by atoms with Crippen molar-refractivity contribution in [2.24, 2.45) is 0 Å². The zero-order valence-corrected chi connectivity index (χ0v) is 14.6. The molecule has 1 heterocycles. The zero-order chi connectivity index (χ0) is 16.7. The molecular formula is C18H28ClNO3. The smallest absolute Gasteiger partial charge is 0.0900 e. The molecule has 0 aliphatic carbocycles. The number of hydrogen-bond acceptors (Lipinski definition) is 4. The van der Waals surface area contributed by atoms with Crippen LogP contribution in [0.4, 0.5) is 0 Å². The molecule has 0 bridgehead atoms. The Bertz CT molecular complexity index is 454. The fourth-order valence-corrected chi connectivity index (χ4v) is 3.29. The molecule has 2 rings (SSSR count). The van der Waals surface area contributed by atoms with Gasteiger partial charge in [-0.2, -0.15) is 0 Å². The van der Waals surface area contributed by atoms with E-state index in [9.17, 15) is 10.2 Å². The monoisotopic (exact) mass is 341 g/mol. The predicted molar refractivity (Wildman–Crippen MR) is 92.6 cm³/mol. The lowest BCUT2D eigenvalue weighted by Gasteiger charge is -2.39. The van der Waals surface area contributed by atoms with Gasteiger partial charge in [-0.05, 0) is 43.5 Å². The van der Waals surface area contributed by atoms with Crippen LogP contribution in [-0.2, 0) is 11.3 Å². The van der Waals surface area contributed by atoms with E-state index in [1.54, 1.807) is 0 Å². The standard InChI is InChI=1S/C18H28ClNO3/c1-2-18(22)17-5-3-4-10-20(17)11-16(21)13-23-12-14-6-8-15(19)9-7-14/h6-9,16-18,21-22H,2-5,10-13H2,1H3. The van der Waals surface area contributed by atoms with Crippen LogP contribution in [-0.4, -0.2) is 53.1 Å². The first-order valence-electron chi connectivity index (χ1n) is 8.52. The van der Waals surface area contributed by atoms with Crippen molar-refractivity contribution in [1.82, 2.24) is 4.90 Å². The molecule has 1 aromatic carbocycles. The van der Waals surface area contributed by atoms with Crippen molar-refractivity contribution in [1.29, 1.82) is 0 Å². The lowest BCUT2D eigenvalue weighted by atomic mass is 9.95. The molecule has 1 saturated heterocycles. The summed E-state index contributed by atoms with van der Waals surface area (Å²) in [6, 6.07) is 7.68. The van der Waals surface area contributed by atoms with Gasteiger partial charge in [0.2, 0.25) is 0 Å². The fourth-order valence-electron chi connectivity index (χ4n) is 3.17. The summed E-state index contributed by atoms with van der Waals surface area (Å²) in [5.41, 5.74) is 1.04. The molecule has 3 atom stereocenters. The molecule has 3 unspecified atom stereocenters. The largest absolute Gasteiger partial charge is 0.392 e. The minimum atomic E-state index is -0.535. The van der Waals surface area contributed by atoms with Gasteiger partial charge in [-0.3, -0.25) is 4.90 Å². The van der Waals surface area contributed by atoms with Crippen LogP contribution >= 0.6 is 11.6 Å². The van der Waals surface area contributed by atoms with E-state index in [1.165, 1.54) is 0 Å². The van der Waals surface area contributed by atoms with Crippen molar-refractivity contribution >= 4 is 11.6 Å². The maximum atomic E-state index is 10.2. The summed E-state index contributed by atoms with van der Waals surface area (Å²) in [6.45, 7) is 4.27. The third kappa shape index (κ3) is 6.05. The van der Waals surface area contributed by atoms with Gasteiger partial charge in [-0.25, -0.2) is 0 Å². The molecule has 0 spiro atoms. The molecule has 0 saturated carbocycles. The molecule has 2 N–H and O–H groups in total. The third-order valence-corrected chi connectivity index (χ3v) is 4.72. The van der Waals surface area contributed by atoms with Gasteiger partial charge in [0, 0.05) is 17.6 Å². The van der Waals surface area contributed by atoms with Gasteiger partial charge >= 0.3 is 0 Å². The minimum Gasteiger partial charge on any atom is -0.392 e. The van der Waals surface area contributed by atoms with Gasteiger partial charge in [-0.15, -0.1) is 0 Å². The van der Waals surface area contributed by atoms with Crippen molar-refractivity contribution in [3.05, 3.63) is 34.9 Å². The number of hydrogen-bond donors (Lipinski definition) is 2. The first-order valence-corrected chi connectivity index (χ1v) is 8.90. The summed E-state index contributed by atoms with van der Waals surface area (Å²) in [7, 11) is 0. The van der Waals surface area contributed by atoms with Crippen LogP contribution in [0.1, 0.15) is 38.2 Å². The molecule has 0 amide bonds. The van der Waals surface area contributed by atoms with Crippen molar-refractivity contribution < 1.29 is 14.9 Å². The minimum absolute atomic E-state index is 0.166. The van der Waals surface area contributed by atoms with Gasteiger partial charge in [0.1, 0.15) is 0 Å². The van der Waals surface area contributed by atoms with Crippen LogP contribution in [0.25, 0.3) is 0 Å². The lowest BCUT2D eigenvalue weighted by Crippen LogP contribution is -2.50. The van der Waals surface area contributed by atoms with Crippen molar-refractivity contribution in [2.75, 3.05) is 19.7 Å². The van der Waals surface area contributed by atoms with Crippen LogP contribution in [0.15, 0.2) is 24.3 Å². The van der Waals surface area contributed by atoms with Gasteiger partial charge in [0.25, 0.3) is 0 Å². The zero-order valence-electron chi connectivity index (χ0n) is 13.8. The summed E-state index contributed by atoms with van der Waals surface area (Å²) in [5, 5.41) is 21.1. The number of nitrogens with zero attached hydrogens (tertiary/aromatic N) is 1. The van der Waals surface area contributed by atoms with Gasteiger partial charge in [0.15, 0.2) is 0 Å².